The fourth-order valence-corrected chi connectivity index (χ4v) is 3.22. The molecule has 1 aliphatic rings. The summed E-state index contributed by atoms with van der Waals surface area (Å²) in [4.78, 5) is 0. The fraction of sp³-hybridized carbons (Fsp3) is 0.471. The number of aliphatic hydroxyl groups is 1. The Morgan fingerprint density at radius 2 is 2.24 bits per heavy atom. The van der Waals surface area contributed by atoms with Gasteiger partial charge in [-0.15, -0.1) is 0 Å². The lowest BCUT2D eigenvalue weighted by Crippen LogP contribution is -2.25. The minimum Gasteiger partial charge on any atom is -0.396 e. The molecule has 2 heterocycles. The predicted octanol–water partition coefficient (Wildman–Crippen LogP) is 2.83. The van der Waals surface area contributed by atoms with Gasteiger partial charge in [0, 0.05) is 18.7 Å². The largest absolute Gasteiger partial charge is 0.396 e. The quantitative estimate of drug-likeness (QED) is 0.908. The number of hydrogen-bond acceptors (Lipinski definition) is 3. The molecule has 1 aromatic carbocycles. The number of nitrogens with one attached hydrogen (secondary N) is 1. The first kappa shape index (κ1) is 14.1. The molecule has 2 aromatic rings. The highest BCUT2D eigenvalue weighted by Gasteiger charge is 2.25. The van der Waals surface area contributed by atoms with Crippen molar-refractivity contribution in [3.05, 3.63) is 46.6 Å². The van der Waals surface area contributed by atoms with Crippen molar-refractivity contribution < 1.29 is 5.11 Å². The highest BCUT2D eigenvalue weighted by atomic mass is 16.2. The summed E-state index contributed by atoms with van der Waals surface area (Å²) in [6.45, 7) is 5.51. The number of hydrogen-bond donors (Lipinski definition) is 2. The molecule has 21 heavy (non-hydrogen) atoms. The normalized spacial score (nSPS) is 17.4. The van der Waals surface area contributed by atoms with E-state index in [0.717, 1.165) is 31.6 Å². The highest BCUT2D eigenvalue weighted by Crippen LogP contribution is 2.33. The van der Waals surface area contributed by atoms with E-state index >= 15 is 0 Å². The molecule has 0 aliphatic carbocycles. The molecule has 4 nitrogen and oxygen atoms in total. The van der Waals surface area contributed by atoms with Gasteiger partial charge in [0.2, 0.25) is 0 Å². The molecule has 0 amide bonds. The third-order valence-corrected chi connectivity index (χ3v) is 4.27. The molecular formula is C17H23N3O. The van der Waals surface area contributed by atoms with Crippen molar-refractivity contribution in [2.75, 3.05) is 18.5 Å². The van der Waals surface area contributed by atoms with E-state index in [-0.39, 0.29) is 6.61 Å². The lowest BCUT2D eigenvalue weighted by molar-refractivity contribution is 0.288. The molecule has 3 rings (SSSR count). The number of benzene rings is 1. The summed E-state index contributed by atoms with van der Waals surface area (Å²) in [5, 5.41) is 17.1. The predicted molar refractivity (Wildman–Crippen MR) is 84.8 cm³/mol. The topological polar surface area (TPSA) is 50.1 Å². The van der Waals surface area contributed by atoms with Gasteiger partial charge in [-0.05, 0) is 44.2 Å². The first-order chi connectivity index (χ1) is 10.2. The summed E-state index contributed by atoms with van der Waals surface area (Å²) in [6, 6.07) is 6.97. The standard InChI is InChI=1S/C17H23N3O/c1-12-5-6-15(13(2)10-12)16-7-8-18-17-14(4-3-9-21)11-19-20(16)17/h5-6,10-11,16,18,21H,3-4,7-9H2,1-2H3. The summed E-state index contributed by atoms with van der Waals surface area (Å²) < 4.78 is 2.12. The second-order valence-corrected chi connectivity index (χ2v) is 5.88. The molecule has 0 spiro atoms. The maximum atomic E-state index is 9.01. The van der Waals surface area contributed by atoms with Crippen LogP contribution >= 0.6 is 0 Å². The monoisotopic (exact) mass is 285 g/mol. The minimum atomic E-state index is 0.227. The number of aliphatic hydroxyl groups excluding tert-OH is 1. The van der Waals surface area contributed by atoms with Crippen LogP contribution in [0.5, 0.6) is 0 Å². The number of aromatic nitrogens is 2. The van der Waals surface area contributed by atoms with Crippen molar-refractivity contribution in [3.63, 3.8) is 0 Å². The number of anilines is 1. The Bertz CT molecular complexity index is 633. The summed E-state index contributed by atoms with van der Waals surface area (Å²) in [5.74, 6) is 1.12. The van der Waals surface area contributed by atoms with E-state index in [1.807, 2.05) is 6.20 Å². The molecule has 1 aromatic heterocycles. The third-order valence-electron chi connectivity index (χ3n) is 4.27. The van der Waals surface area contributed by atoms with Crippen molar-refractivity contribution in [1.82, 2.24) is 9.78 Å². The molecule has 112 valence electrons. The SMILES string of the molecule is Cc1ccc(C2CCNc3c(CCCO)cnn32)c(C)c1. The van der Waals surface area contributed by atoms with E-state index in [1.165, 1.54) is 22.3 Å². The van der Waals surface area contributed by atoms with Crippen LogP contribution in [0, 0.1) is 13.8 Å². The molecule has 0 saturated heterocycles. The van der Waals surface area contributed by atoms with Gasteiger partial charge in [-0.1, -0.05) is 23.8 Å². The lowest BCUT2D eigenvalue weighted by Gasteiger charge is -2.28. The Labute approximate surface area is 125 Å². The minimum absolute atomic E-state index is 0.227. The van der Waals surface area contributed by atoms with Gasteiger partial charge in [-0.3, -0.25) is 0 Å². The molecular weight excluding hydrogens is 262 g/mol. The van der Waals surface area contributed by atoms with E-state index in [2.05, 4.69) is 47.1 Å². The van der Waals surface area contributed by atoms with Crippen molar-refractivity contribution in [1.29, 1.82) is 0 Å². The maximum Gasteiger partial charge on any atom is 0.128 e. The van der Waals surface area contributed by atoms with Gasteiger partial charge >= 0.3 is 0 Å². The van der Waals surface area contributed by atoms with Crippen LogP contribution in [-0.2, 0) is 6.42 Å². The van der Waals surface area contributed by atoms with Gasteiger partial charge < -0.3 is 10.4 Å². The molecule has 1 unspecified atom stereocenters. The molecule has 1 atom stereocenters. The van der Waals surface area contributed by atoms with E-state index < -0.39 is 0 Å². The molecule has 0 saturated carbocycles. The number of rotatable bonds is 4. The van der Waals surface area contributed by atoms with Crippen LogP contribution in [0.1, 0.15) is 41.1 Å². The first-order valence-electron chi connectivity index (χ1n) is 7.69. The maximum absolute atomic E-state index is 9.01. The molecule has 4 heteroatoms. The summed E-state index contributed by atoms with van der Waals surface area (Å²) in [6.07, 6.45) is 4.66. The molecule has 0 bridgehead atoms. The van der Waals surface area contributed by atoms with E-state index in [9.17, 15) is 0 Å². The van der Waals surface area contributed by atoms with E-state index in [1.54, 1.807) is 0 Å². The van der Waals surface area contributed by atoms with Crippen molar-refractivity contribution in [2.24, 2.45) is 0 Å². The average molecular weight is 285 g/mol. The first-order valence-corrected chi connectivity index (χ1v) is 7.69. The fourth-order valence-electron chi connectivity index (χ4n) is 3.22. The van der Waals surface area contributed by atoms with E-state index in [0.29, 0.717) is 6.04 Å². The van der Waals surface area contributed by atoms with Crippen LogP contribution in [-0.4, -0.2) is 28.0 Å². The van der Waals surface area contributed by atoms with Gasteiger partial charge in [0.15, 0.2) is 0 Å². The van der Waals surface area contributed by atoms with Gasteiger partial charge in [-0.25, -0.2) is 4.68 Å². The van der Waals surface area contributed by atoms with Crippen molar-refractivity contribution >= 4 is 5.82 Å². The third kappa shape index (κ3) is 2.68. The average Bonchev–Trinajstić information content (AvgIpc) is 2.88. The van der Waals surface area contributed by atoms with Crippen molar-refractivity contribution in [2.45, 2.75) is 39.2 Å². The Balaban J connectivity index is 1.95. The second-order valence-electron chi connectivity index (χ2n) is 5.88. The van der Waals surface area contributed by atoms with E-state index in [4.69, 9.17) is 5.11 Å². The molecule has 0 radical (unpaired) electrons. The molecule has 1 aliphatic heterocycles. The summed E-state index contributed by atoms with van der Waals surface area (Å²) >= 11 is 0. The van der Waals surface area contributed by atoms with Gasteiger partial charge in [0.25, 0.3) is 0 Å². The van der Waals surface area contributed by atoms with Crippen LogP contribution in [0.4, 0.5) is 5.82 Å². The van der Waals surface area contributed by atoms with Crippen LogP contribution < -0.4 is 5.32 Å². The summed E-state index contributed by atoms with van der Waals surface area (Å²) in [5.41, 5.74) is 5.20. The summed E-state index contributed by atoms with van der Waals surface area (Å²) in [7, 11) is 0. The molecule has 2 N–H and O–H groups in total. The highest BCUT2D eigenvalue weighted by molar-refractivity contribution is 5.48. The lowest BCUT2D eigenvalue weighted by atomic mass is 9.96. The number of aryl methyl sites for hydroxylation is 3. The number of fused-ring (bicyclic) bond motifs is 1. The van der Waals surface area contributed by atoms with Crippen molar-refractivity contribution in [3.8, 4) is 0 Å². The zero-order valence-corrected chi connectivity index (χ0v) is 12.8. The zero-order valence-electron chi connectivity index (χ0n) is 12.8. The van der Waals surface area contributed by atoms with Gasteiger partial charge in [-0.2, -0.15) is 5.10 Å². The van der Waals surface area contributed by atoms with Crippen LogP contribution in [0.15, 0.2) is 24.4 Å². The van der Waals surface area contributed by atoms with Gasteiger partial charge in [0.1, 0.15) is 5.82 Å². The van der Waals surface area contributed by atoms with Gasteiger partial charge in [0.05, 0.1) is 12.2 Å². The smallest absolute Gasteiger partial charge is 0.128 e. The Morgan fingerprint density at radius 3 is 3.00 bits per heavy atom. The Hall–Kier alpha value is -1.81. The Morgan fingerprint density at radius 1 is 1.38 bits per heavy atom. The van der Waals surface area contributed by atoms with Crippen LogP contribution in [0.25, 0.3) is 0 Å². The second kappa shape index (κ2) is 5.90. The van der Waals surface area contributed by atoms with Crippen LogP contribution in [0.3, 0.4) is 0 Å². The molecule has 0 fully saturated rings. The Kier molecular flexibility index (Phi) is 3.97. The van der Waals surface area contributed by atoms with Crippen LogP contribution in [0.2, 0.25) is 0 Å². The zero-order chi connectivity index (χ0) is 14.8. The number of nitrogens with zero attached hydrogens (tertiary/aromatic N) is 2.